The van der Waals surface area contributed by atoms with Gasteiger partial charge in [0.2, 0.25) is 0 Å². The first-order valence-electron chi connectivity index (χ1n) is 8.53. The predicted octanol–water partition coefficient (Wildman–Crippen LogP) is 3.77. The van der Waals surface area contributed by atoms with Crippen molar-refractivity contribution in [2.75, 3.05) is 5.32 Å². The van der Waals surface area contributed by atoms with Gasteiger partial charge in [-0.15, -0.1) is 0 Å². The summed E-state index contributed by atoms with van der Waals surface area (Å²) in [5.41, 5.74) is 1.09. The zero-order valence-electron chi connectivity index (χ0n) is 14.7. The highest BCUT2D eigenvalue weighted by Gasteiger charge is 2.22. The van der Waals surface area contributed by atoms with E-state index in [0.717, 1.165) is 22.5 Å². The molecule has 3 aromatic carbocycles. The molecule has 3 N–H and O–H groups in total. The number of hydrogen-bond donors (Lipinski definition) is 2. The number of fused-ring (bicyclic) bond motifs is 1. The van der Waals surface area contributed by atoms with Crippen LogP contribution in [0.15, 0.2) is 60.7 Å². The van der Waals surface area contributed by atoms with E-state index in [1.165, 1.54) is 12.1 Å². The highest BCUT2D eigenvalue weighted by molar-refractivity contribution is 5.96. The van der Waals surface area contributed by atoms with Gasteiger partial charge in [-0.1, -0.05) is 30.3 Å². The molecule has 3 aromatic rings. The number of rotatable bonds is 5. The maximum atomic E-state index is 13.9. The highest BCUT2D eigenvalue weighted by Crippen LogP contribution is 2.19. The summed E-state index contributed by atoms with van der Waals surface area (Å²) in [5.74, 6) is -1.38. The maximum Gasteiger partial charge on any atom is 0.282 e. The lowest BCUT2D eigenvalue weighted by atomic mass is 10.1. The predicted molar refractivity (Wildman–Crippen MR) is 98.7 cm³/mol. The summed E-state index contributed by atoms with van der Waals surface area (Å²) in [6, 6.07) is 16.4. The molecule has 0 radical (unpaired) electrons. The first-order valence-corrected chi connectivity index (χ1v) is 8.53. The van der Waals surface area contributed by atoms with Crippen LogP contribution in [0.3, 0.4) is 0 Å². The van der Waals surface area contributed by atoms with Crippen LogP contribution in [-0.4, -0.2) is 11.9 Å². The van der Waals surface area contributed by atoms with Gasteiger partial charge in [0.15, 0.2) is 6.04 Å². The van der Waals surface area contributed by atoms with Crippen LogP contribution >= 0.6 is 0 Å². The molecule has 26 heavy (non-hydrogen) atoms. The van der Waals surface area contributed by atoms with Gasteiger partial charge in [0.1, 0.15) is 17.7 Å². The quantitative estimate of drug-likeness (QED) is 0.719. The van der Waals surface area contributed by atoms with Crippen LogP contribution in [0.25, 0.3) is 10.8 Å². The number of carbonyl (C=O) groups excluding carboxylic acids is 1. The summed E-state index contributed by atoms with van der Waals surface area (Å²) in [6.45, 7) is 3.55. The minimum atomic E-state index is -0.611. The van der Waals surface area contributed by atoms with E-state index in [2.05, 4.69) is 5.32 Å². The Morgan fingerprint density at radius 2 is 1.69 bits per heavy atom. The molecular weight excluding hydrogens is 334 g/mol. The molecule has 0 spiro atoms. The number of carbonyl (C=O) groups is 1. The van der Waals surface area contributed by atoms with Crippen molar-refractivity contribution in [3.63, 3.8) is 0 Å². The Bertz CT molecular complexity index is 942. The van der Waals surface area contributed by atoms with Gasteiger partial charge in [-0.25, -0.2) is 8.78 Å². The molecule has 134 valence electrons. The molecule has 0 aliphatic rings. The molecule has 0 unspecified atom stereocenters. The van der Waals surface area contributed by atoms with Crippen LogP contribution in [-0.2, 0) is 4.79 Å². The number of halogens is 2. The first-order chi connectivity index (χ1) is 12.4. The number of quaternary nitrogens is 1. The second kappa shape index (κ2) is 7.62. The summed E-state index contributed by atoms with van der Waals surface area (Å²) >= 11 is 0. The van der Waals surface area contributed by atoms with E-state index in [1.54, 1.807) is 19.2 Å². The summed E-state index contributed by atoms with van der Waals surface area (Å²) in [5, 5.41) is 6.79. The molecule has 0 bridgehead atoms. The molecule has 0 fully saturated rings. The number of amides is 1. The average Bonchev–Trinajstić information content (AvgIpc) is 2.61. The van der Waals surface area contributed by atoms with Gasteiger partial charge in [0.25, 0.3) is 5.91 Å². The van der Waals surface area contributed by atoms with E-state index in [1.807, 2.05) is 42.5 Å². The number of benzene rings is 3. The zero-order chi connectivity index (χ0) is 18.7. The third kappa shape index (κ3) is 4.06. The lowest BCUT2D eigenvalue weighted by molar-refractivity contribution is -0.710. The summed E-state index contributed by atoms with van der Waals surface area (Å²) < 4.78 is 26.9. The second-order valence-corrected chi connectivity index (χ2v) is 6.49. The lowest BCUT2D eigenvalue weighted by Crippen LogP contribution is -2.91. The Hall–Kier alpha value is -2.79. The fraction of sp³-hybridized carbons (Fsp3) is 0.190. The van der Waals surface area contributed by atoms with E-state index in [-0.39, 0.29) is 11.9 Å². The van der Waals surface area contributed by atoms with Crippen LogP contribution in [0.4, 0.5) is 14.5 Å². The third-order valence-corrected chi connectivity index (χ3v) is 4.46. The zero-order valence-corrected chi connectivity index (χ0v) is 14.7. The van der Waals surface area contributed by atoms with E-state index in [0.29, 0.717) is 5.56 Å². The number of anilines is 1. The van der Waals surface area contributed by atoms with E-state index in [9.17, 15) is 13.6 Å². The van der Waals surface area contributed by atoms with E-state index >= 15 is 0 Å². The molecule has 3 rings (SSSR count). The van der Waals surface area contributed by atoms with Gasteiger partial charge in [0, 0.05) is 17.3 Å². The second-order valence-electron chi connectivity index (χ2n) is 6.49. The van der Waals surface area contributed by atoms with Gasteiger partial charge in [-0.3, -0.25) is 4.79 Å². The van der Waals surface area contributed by atoms with Crippen molar-refractivity contribution in [1.82, 2.24) is 0 Å². The SMILES string of the molecule is C[C@@H]([NH2+][C@H](C)c1ccc(F)cc1F)C(=O)Nc1ccc2ccccc2c1. The van der Waals surface area contributed by atoms with Crippen molar-refractivity contribution in [2.24, 2.45) is 0 Å². The van der Waals surface area contributed by atoms with Crippen molar-refractivity contribution < 1.29 is 18.9 Å². The number of nitrogens with one attached hydrogen (secondary N) is 1. The largest absolute Gasteiger partial charge is 0.330 e. The van der Waals surface area contributed by atoms with Crippen LogP contribution in [0, 0.1) is 11.6 Å². The van der Waals surface area contributed by atoms with Crippen molar-refractivity contribution in [1.29, 1.82) is 0 Å². The summed E-state index contributed by atoms with van der Waals surface area (Å²) in [4.78, 5) is 12.5. The molecule has 0 aliphatic carbocycles. The molecule has 0 aromatic heterocycles. The number of hydrogen-bond acceptors (Lipinski definition) is 1. The molecule has 5 heteroatoms. The molecule has 0 saturated heterocycles. The van der Waals surface area contributed by atoms with Crippen LogP contribution in [0.2, 0.25) is 0 Å². The minimum Gasteiger partial charge on any atom is -0.330 e. The molecule has 1 amide bonds. The highest BCUT2D eigenvalue weighted by atomic mass is 19.1. The Morgan fingerprint density at radius 3 is 2.42 bits per heavy atom. The van der Waals surface area contributed by atoms with Crippen molar-refractivity contribution in [2.45, 2.75) is 25.9 Å². The maximum absolute atomic E-state index is 13.9. The molecule has 0 aliphatic heterocycles. The van der Waals surface area contributed by atoms with Gasteiger partial charge in [-0.05, 0) is 48.9 Å². The van der Waals surface area contributed by atoms with Crippen LogP contribution < -0.4 is 10.6 Å². The number of nitrogens with two attached hydrogens (primary N) is 1. The summed E-state index contributed by atoms with van der Waals surface area (Å²) in [6.07, 6.45) is 0. The normalized spacial score (nSPS) is 13.4. The van der Waals surface area contributed by atoms with E-state index in [4.69, 9.17) is 0 Å². The fourth-order valence-electron chi connectivity index (χ4n) is 3.02. The minimum absolute atomic E-state index is 0.172. The van der Waals surface area contributed by atoms with Gasteiger partial charge >= 0.3 is 0 Å². The summed E-state index contributed by atoms with van der Waals surface area (Å²) in [7, 11) is 0. The lowest BCUT2D eigenvalue weighted by Gasteiger charge is -2.17. The van der Waals surface area contributed by atoms with Crippen LogP contribution in [0.1, 0.15) is 25.5 Å². The molecule has 3 nitrogen and oxygen atoms in total. The Morgan fingerprint density at radius 1 is 0.962 bits per heavy atom. The van der Waals surface area contributed by atoms with Gasteiger partial charge in [0.05, 0.1) is 0 Å². The molecular formula is C21H21F2N2O+. The Kier molecular flexibility index (Phi) is 5.28. The Balaban J connectivity index is 1.66. The van der Waals surface area contributed by atoms with Gasteiger partial charge in [-0.2, -0.15) is 0 Å². The average molecular weight is 355 g/mol. The molecule has 0 saturated carbocycles. The van der Waals surface area contributed by atoms with Crippen molar-refractivity contribution >= 4 is 22.4 Å². The first kappa shape index (κ1) is 18.0. The van der Waals surface area contributed by atoms with Crippen molar-refractivity contribution in [3.05, 3.63) is 77.9 Å². The molecule has 0 heterocycles. The standard InChI is InChI=1S/C21H20F2N2O/c1-13(19-10-8-17(22)12-20(19)23)24-14(2)21(26)25-18-9-7-15-5-3-4-6-16(15)11-18/h3-14,24H,1-2H3,(H,25,26)/p+1/t13-,14-/m1/s1. The topological polar surface area (TPSA) is 45.7 Å². The fourth-order valence-corrected chi connectivity index (χ4v) is 3.02. The van der Waals surface area contributed by atoms with Crippen LogP contribution in [0.5, 0.6) is 0 Å². The molecule has 2 atom stereocenters. The van der Waals surface area contributed by atoms with Crippen molar-refractivity contribution in [3.8, 4) is 0 Å². The smallest absolute Gasteiger partial charge is 0.282 e. The van der Waals surface area contributed by atoms with E-state index < -0.39 is 17.7 Å². The third-order valence-electron chi connectivity index (χ3n) is 4.46. The van der Waals surface area contributed by atoms with Gasteiger partial charge < -0.3 is 10.6 Å². The Labute approximate surface area is 151 Å². The monoisotopic (exact) mass is 355 g/mol.